The normalized spacial score (nSPS) is 10.1. The summed E-state index contributed by atoms with van der Waals surface area (Å²) >= 11 is 4.95. The smallest absolute Gasteiger partial charge is 0.335 e. The number of aromatic carboxylic acids is 1. The fraction of sp³-hybridized carbons (Fsp3) is 0.143. The van der Waals surface area contributed by atoms with Crippen LogP contribution in [0.3, 0.4) is 0 Å². The van der Waals surface area contributed by atoms with Gasteiger partial charge in [0.2, 0.25) is 0 Å². The maximum absolute atomic E-state index is 11.7. The average molecular weight is 369 g/mol. The number of rotatable bonds is 5. The van der Waals surface area contributed by atoms with Gasteiger partial charge in [0, 0.05) is 15.9 Å². The molecule has 0 bridgehead atoms. The van der Waals surface area contributed by atoms with Crippen molar-refractivity contribution in [3.05, 3.63) is 56.2 Å². The zero-order valence-electron chi connectivity index (χ0n) is 10.9. The number of urea groups is 1. The maximum Gasteiger partial charge on any atom is 0.335 e. The van der Waals surface area contributed by atoms with Crippen LogP contribution in [0.1, 0.15) is 20.8 Å². The highest BCUT2D eigenvalue weighted by molar-refractivity contribution is 9.10. The largest absolute Gasteiger partial charge is 0.478 e. The summed E-state index contributed by atoms with van der Waals surface area (Å²) in [6.07, 6.45) is 0. The number of carbonyl (C=O) groups excluding carboxylic acids is 1. The van der Waals surface area contributed by atoms with Gasteiger partial charge in [-0.15, -0.1) is 11.3 Å². The Hall–Kier alpha value is -1.86. The molecule has 2 amide bonds. The number of hydrogen-bond acceptors (Lipinski definition) is 3. The van der Waals surface area contributed by atoms with Crippen LogP contribution in [-0.4, -0.2) is 17.1 Å². The van der Waals surface area contributed by atoms with E-state index in [0.717, 1.165) is 14.9 Å². The van der Waals surface area contributed by atoms with E-state index >= 15 is 0 Å². The highest BCUT2D eigenvalue weighted by atomic mass is 79.9. The van der Waals surface area contributed by atoms with Gasteiger partial charge in [0.05, 0.1) is 12.1 Å². The molecule has 2 rings (SSSR count). The van der Waals surface area contributed by atoms with Crippen molar-refractivity contribution in [3.63, 3.8) is 0 Å². The zero-order chi connectivity index (χ0) is 15.2. The summed E-state index contributed by atoms with van der Waals surface area (Å²) in [5.41, 5.74) is 0.944. The molecule has 1 aromatic carbocycles. The van der Waals surface area contributed by atoms with Gasteiger partial charge in [-0.3, -0.25) is 0 Å². The van der Waals surface area contributed by atoms with E-state index in [0.29, 0.717) is 6.54 Å². The Morgan fingerprint density at radius 3 is 2.62 bits per heavy atom. The Bertz CT molecular complexity index is 657. The van der Waals surface area contributed by atoms with Crippen LogP contribution in [0, 0.1) is 0 Å². The van der Waals surface area contributed by atoms with Gasteiger partial charge < -0.3 is 15.7 Å². The monoisotopic (exact) mass is 368 g/mol. The first-order valence-electron chi connectivity index (χ1n) is 6.12. The van der Waals surface area contributed by atoms with E-state index in [1.807, 2.05) is 11.4 Å². The molecular formula is C14H13BrN2O3S. The van der Waals surface area contributed by atoms with Crippen molar-refractivity contribution in [2.24, 2.45) is 0 Å². The third-order valence-electron chi connectivity index (χ3n) is 2.73. The highest BCUT2D eigenvalue weighted by Gasteiger charge is 2.06. The molecular weight excluding hydrogens is 356 g/mol. The molecule has 0 saturated heterocycles. The van der Waals surface area contributed by atoms with Gasteiger partial charge in [0.25, 0.3) is 0 Å². The molecule has 5 nitrogen and oxygen atoms in total. The Balaban J connectivity index is 1.82. The summed E-state index contributed by atoms with van der Waals surface area (Å²) in [7, 11) is 0. The SMILES string of the molecule is O=C(NCc1cccc(C(=O)O)c1)NCc1sccc1Br. The number of amides is 2. The Labute approximate surface area is 134 Å². The molecule has 0 radical (unpaired) electrons. The molecule has 0 aliphatic heterocycles. The number of halogens is 1. The third kappa shape index (κ3) is 4.57. The second-order valence-corrected chi connectivity index (χ2v) is 6.09. The van der Waals surface area contributed by atoms with Crippen molar-refractivity contribution < 1.29 is 14.7 Å². The lowest BCUT2D eigenvalue weighted by atomic mass is 10.1. The molecule has 0 unspecified atom stereocenters. The van der Waals surface area contributed by atoms with E-state index in [1.165, 1.54) is 6.07 Å². The van der Waals surface area contributed by atoms with Crippen LogP contribution in [0.15, 0.2) is 40.2 Å². The lowest BCUT2D eigenvalue weighted by Gasteiger charge is -2.07. The topological polar surface area (TPSA) is 78.4 Å². The number of hydrogen-bond donors (Lipinski definition) is 3. The van der Waals surface area contributed by atoms with E-state index in [4.69, 9.17) is 5.11 Å². The zero-order valence-corrected chi connectivity index (χ0v) is 13.3. The van der Waals surface area contributed by atoms with Gasteiger partial charge in [-0.1, -0.05) is 12.1 Å². The van der Waals surface area contributed by atoms with Crippen LogP contribution in [0.4, 0.5) is 4.79 Å². The number of carboxylic acids is 1. The Kier molecular flexibility index (Phi) is 5.35. The van der Waals surface area contributed by atoms with Crippen molar-refractivity contribution in [2.45, 2.75) is 13.1 Å². The first-order valence-corrected chi connectivity index (χ1v) is 7.79. The van der Waals surface area contributed by atoms with Gasteiger partial charge in [0.1, 0.15) is 0 Å². The second-order valence-electron chi connectivity index (χ2n) is 4.23. The predicted octanol–water partition coefficient (Wildman–Crippen LogP) is 3.21. The molecule has 2 aromatic rings. The molecule has 1 aromatic heterocycles. The molecule has 0 aliphatic rings. The molecule has 0 atom stereocenters. The van der Waals surface area contributed by atoms with Crippen molar-refractivity contribution in [2.75, 3.05) is 0 Å². The number of thiophene rings is 1. The van der Waals surface area contributed by atoms with Gasteiger partial charge in [0.15, 0.2) is 0 Å². The Morgan fingerprint density at radius 2 is 1.95 bits per heavy atom. The fourth-order valence-electron chi connectivity index (χ4n) is 1.67. The van der Waals surface area contributed by atoms with Crippen molar-refractivity contribution in [3.8, 4) is 0 Å². The minimum Gasteiger partial charge on any atom is -0.478 e. The predicted molar refractivity (Wildman–Crippen MR) is 84.5 cm³/mol. The molecule has 0 fully saturated rings. The second kappa shape index (κ2) is 7.24. The first-order chi connectivity index (χ1) is 10.1. The molecule has 110 valence electrons. The van der Waals surface area contributed by atoms with Crippen LogP contribution >= 0.6 is 27.3 Å². The minimum absolute atomic E-state index is 0.206. The quantitative estimate of drug-likeness (QED) is 0.757. The molecule has 0 spiro atoms. The van der Waals surface area contributed by atoms with E-state index in [2.05, 4.69) is 26.6 Å². The standard InChI is InChI=1S/C14H13BrN2O3S/c15-11-4-5-21-12(11)8-17-14(20)16-7-9-2-1-3-10(6-9)13(18)19/h1-6H,7-8H2,(H,18,19)(H2,16,17,20). The first kappa shape index (κ1) is 15.5. The summed E-state index contributed by atoms with van der Waals surface area (Å²) in [6.45, 7) is 0.720. The lowest BCUT2D eigenvalue weighted by Crippen LogP contribution is -2.34. The molecule has 3 N–H and O–H groups in total. The van der Waals surface area contributed by atoms with Crippen LogP contribution in [0.2, 0.25) is 0 Å². The summed E-state index contributed by atoms with van der Waals surface area (Å²) in [5, 5.41) is 16.3. The van der Waals surface area contributed by atoms with Crippen LogP contribution in [-0.2, 0) is 13.1 Å². The minimum atomic E-state index is -0.983. The number of carbonyl (C=O) groups is 2. The summed E-state index contributed by atoms with van der Waals surface area (Å²) in [4.78, 5) is 23.6. The summed E-state index contributed by atoms with van der Waals surface area (Å²) in [5.74, 6) is -0.983. The summed E-state index contributed by atoms with van der Waals surface area (Å²) < 4.78 is 0.974. The number of nitrogens with one attached hydrogen (secondary N) is 2. The molecule has 0 saturated carbocycles. The van der Waals surface area contributed by atoms with Crippen molar-refractivity contribution >= 4 is 39.3 Å². The van der Waals surface area contributed by atoms with Crippen molar-refractivity contribution in [1.82, 2.24) is 10.6 Å². The van der Waals surface area contributed by atoms with E-state index in [1.54, 1.807) is 29.5 Å². The lowest BCUT2D eigenvalue weighted by molar-refractivity contribution is 0.0696. The average Bonchev–Trinajstić information content (AvgIpc) is 2.88. The Morgan fingerprint density at radius 1 is 1.19 bits per heavy atom. The molecule has 7 heteroatoms. The van der Waals surface area contributed by atoms with Gasteiger partial charge in [-0.05, 0) is 45.1 Å². The molecule has 21 heavy (non-hydrogen) atoms. The number of benzene rings is 1. The number of carboxylic acid groups (broad SMARTS) is 1. The highest BCUT2D eigenvalue weighted by Crippen LogP contribution is 2.21. The van der Waals surface area contributed by atoms with Crippen LogP contribution in [0.5, 0.6) is 0 Å². The maximum atomic E-state index is 11.7. The van der Waals surface area contributed by atoms with E-state index < -0.39 is 5.97 Å². The molecule has 1 heterocycles. The van der Waals surface area contributed by atoms with Gasteiger partial charge >= 0.3 is 12.0 Å². The fourth-order valence-corrected chi connectivity index (χ4v) is 3.10. The van der Waals surface area contributed by atoms with Crippen molar-refractivity contribution in [1.29, 1.82) is 0 Å². The van der Waals surface area contributed by atoms with Crippen LogP contribution in [0.25, 0.3) is 0 Å². The summed E-state index contributed by atoms with van der Waals surface area (Å²) in [6, 6.07) is 8.11. The molecule has 0 aliphatic carbocycles. The van der Waals surface area contributed by atoms with Gasteiger partial charge in [-0.25, -0.2) is 9.59 Å². The van der Waals surface area contributed by atoms with Gasteiger partial charge in [-0.2, -0.15) is 0 Å². The van der Waals surface area contributed by atoms with E-state index in [-0.39, 0.29) is 18.1 Å². The van der Waals surface area contributed by atoms with Crippen LogP contribution < -0.4 is 10.6 Å². The third-order valence-corrected chi connectivity index (χ3v) is 4.65. The van der Waals surface area contributed by atoms with E-state index in [9.17, 15) is 9.59 Å².